The minimum Gasteiger partial charge on any atom is -0.444 e. The number of carbonyl (C=O) groups is 3. The number of alkyl carbamates (subject to hydrolysis) is 1. The van der Waals surface area contributed by atoms with Crippen LogP contribution in [0.1, 0.15) is 40.2 Å². The number of aromatic nitrogens is 2. The van der Waals surface area contributed by atoms with Crippen molar-refractivity contribution in [2.24, 2.45) is 0 Å². The van der Waals surface area contributed by atoms with Crippen molar-refractivity contribution in [3.05, 3.63) is 84.1 Å². The number of likely N-dealkylation sites (N-methyl/N-ethyl adjacent to an activating group) is 1. The Hall–Kier alpha value is -4.52. The third-order valence-corrected chi connectivity index (χ3v) is 8.68. The first kappa shape index (κ1) is 35.8. The summed E-state index contributed by atoms with van der Waals surface area (Å²) in [4.78, 5) is 43.9. The summed E-state index contributed by atoms with van der Waals surface area (Å²) in [5.41, 5.74) is 2.85. The second-order valence-corrected chi connectivity index (χ2v) is 13.4. The molecule has 0 bridgehead atoms. The molecular formula is C37H49N7O5. The SMILES string of the molecule is C/C=C(\CN1CCN(C2COC2)CC1)C(=O)Nc1ccccc1.CCN1C(=O)C(NC(=O)OC(C)(C)C)Cc2cnn(-c3ccccc3)c21. The van der Waals surface area contributed by atoms with Crippen molar-refractivity contribution in [3.8, 4) is 5.69 Å². The molecule has 2 fully saturated rings. The zero-order valence-corrected chi connectivity index (χ0v) is 29.2. The number of hydrogen-bond acceptors (Lipinski definition) is 8. The number of fused-ring (bicyclic) bond motifs is 1. The van der Waals surface area contributed by atoms with E-state index in [4.69, 9.17) is 9.47 Å². The van der Waals surface area contributed by atoms with E-state index in [1.807, 2.05) is 80.6 Å². The third kappa shape index (κ3) is 9.34. The van der Waals surface area contributed by atoms with Crippen LogP contribution in [0.15, 0.2) is 78.5 Å². The second-order valence-electron chi connectivity index (χ2n) is 13.4. The number of amides is 3. The Kier molecular flexibility index (Phi) is 11.9. The summed E-state index contributed by atoms with van der Waals surface area (Å²) in [5.74, 6) is 0.586. The maximum Gasteiger partial charge on any atom is 0.408 e. The monoisotopic (exact) mass is 671 g/mol. The van der Waals surface area contributed by atoms with Crippen LogP contribution in [0.25, 0.3) is 5.69 Å². The Bertz CT molecular complexity index is 1590. The second kappa shape index (κ2) is 16.3. The van der Waals surface area contributed by atoms with Crippen LogP contribution in [-0.2, 0) is 25.5 Å². The highest BCUT2D eigenvalue weighted by atomic mass is 16.6. The number of benzene rings is 2. The van der Waals surface area contributed by atoms with E-state index in [1.165, 1.54) is 0 Å². The number of nitrogens with zero attached hydrogens (tertiary/aromatic N) is 5. The van der Waals surface area contributed by atoms with Gasteiger partial charge in [0.1, 0.15) is 17.5 Å². The highest BCUT2D eigenvalue weighted by molar-refractivity contribution is 6.04. The van der Waals surface area contributed by atoms with Gasteiger partial charge in [0.15, 0.2) is 0 Å². The van der Waals surface area contributed by atoms with Crippen molar-refractivity contribution < 1.29 is 23.9 Å². The molecule has 1 unspecified atom stereocenters. The number of piperazine rings is 1. The van der Waals surface area contributed by atoms with E-state index in [-0.39, 0.29) is 11.8 Å². The molecule has 3 aliphatic rings. The molecule has 12 nitrogen and oxygen atoms in total. The lowest BCUT2D eigenvalue weighted by atomic mass is 10.0. The van der Waals surface area contributed by atoms with Gasteiger partial charge in [0.2, 0.25) is 0 Å². The Morgan fingerprint density at radius 1 is 1.00 bits per heavy atom. The lowest BCUT2D eigenvalue weighted by molar-refractivity contribution is -0.121. The molecule has 1 atom stereocenters. The summed E-state index contributed by atoms with van der Waals surface area (Å²) in [5, 5.41) is 10.1. The van der Waals surface area contributed by atoms with Gasteiger partial charge in [0.05, 0.1) is 31.1 Å². The zero-order valence-electron chi connectivity index (χ0n) is 29.2. The van der Waals surface area contributed by atoms with Gasteiger partial charge in [-0.2, -0.15) is 5.10 Å². The van der Waals surface area contributed by atoms with E-state index in [9.17, 15) is 14.4 Å². The van der Waals surface area contributed by atoms with Crippen LogP contribution in [0.5, 0.6) is 0 Å². The van der Waals surface area contributed by atoms with E-state index in [2.05, 4.69) is 25.5 Å². The summed E-state index contributed by atoms with van der Waals surface area (Å²) in [6.45, 7) is 16.3. The quantitative estimate of drug-likeness (QED) is 0.341. The first-order chi connectivity index (χ1) is 23.6. The lowest BCUT2D eigenvalue weighted by Crippen LogP contribution is -2.56. The Balaban J connectivity index is 0.000000192. The minimum absolute atomic E-state index is 0.00600. The number of hydrogen-bond donors (Lipinski definition) is 2. The Labute approximate surface area is 289 Å². The van der Waals surface area contributed by atoms with Crippen molar-refractivity contribution in [3.63, 3.8) is 0 Å². The number of nitrogens with one attached hydrogen (secondary N) is 2. The van der Waals surface area contributed by atoms with E-state index in [0.717, 1.165) is 67.7 Å². The molecule has 3 amide bonds. The maximum absolute atomic E-state index is 12.9. The van der Waals surface area contributed by atoms with E-state index in [1.54, 1.807) is 36.5 Å². The summed E-state index contributed by atoms with van der Waals surface area (Å²) in [6.07, 6.45) is 3.47. The average Bonchev–Trinajstić information content (AvgIpc) is 3.47. The number of para-hydroxylation sites is 2. The number of carbonyl (C=O) groups excluding carboxylic acids is 3. The van der Waals surface area contributed by atoms with E-state index in [0.29, 0.717) is 25.6 Å². The molecule has 0 radical (unpaired) electrons. The van der Waals surface area contributed by atoms with Crippen LogP contribution in [0.4, 0.5) is 16.3 Å². The van der Waals surface area contributed by atoms with Crippen LogP contribution in [-0.4, -0.2) is 108 Å². The lowest BCUT2D eigenvalue weighted by Gasteiger charge is -2.42. The summed E-state index contributed by atoms with van der Waals surface area (Å²) >= 11 is 0. The predicted molar refractivity (Wildman–Crippen MR) is 190 cm³/mol. The predicted octanol–water partition coefficient (Wildman–Crippen LogP) is 4.26. The molecule has 0 aliphatic carbocycles. The smallest absolute Gasteiger partial charge is 0.408 e. The van der Waals surface area contributed by atoms with Gasteiger partial charge in [-0.25, -0.2) is 9.48 Å². The van der Waals surface area contributed by atoms with E-state index >= 15 is 0 Å². The minimum atomic E-state index is -0.661. The van der Waals surface area contributed by atoms with Gasteiger partial charge in [-0.1, -0.05) is 42.5 Å². The fourth-order valence-electron chi connectivity index (χ4n) is 6.02. The molecule has 262 valence electrons. The molecule has 4 heterocycles. The highest BCUT2D eigenvalue weighted by Crippen LogP contribution is 2.30. The highest BCUT2D eigenvalue weighted by Gasteiger charge is 2.37. The van der Waals surface area contributed by atoms with Crippen LogP contribution in [0.2, 0.25) is 0 Å². The fourth-order valence-corrected chi connectivity index (χ4v) is 6.02. The topological polar surface area (TPSA) is 121 Å². The van der Waals surface area contributed by atoms with Gasteiger partial charge >= 0.3 is 6.09 Å². The number of rotatable bonds is 8. The number of ether oxygens (including phenoxy) is 2. The van der Waals surface area contributed by atoms with Gasteiger partial charge in [-0.05, 0) is 58.9 Å². The average molecular weight is 672 g/mol. The molecule has 6 rings (SSSR count). The molecule has 12 heteroatoms. The molecule has 0 spiro atoms. The van der Waals surface area contributed by atoms with E-state index < -0.39 is 17.7 Å². The van der Waals surface area contributed by atoms with Crippen molar-refractivity contribution in [2.75, 3.05) is 62.7 Å². The molecule has 49 heavy (non-hydrogen) atoms. The molecular weight excluding hydrogens is 622 g/mol. The zero-order chi connectivity index (χ0) is 35.0. The summed E-state index contributed by atoms with van der Waals surface area (Å²) < 4.78 is 12.3. The first-order valence-corrected chi connectivity index (χ1v) is 17.0. The fraction of sp³-hybridized carbons (Fsp3) is 0.459. The molecule has 1 aromatic heterocycles. The number of allylic oxidation sites excluding steroid dienone is 1. The van der Waals surface area contributed by atoms with Crippen LogP contribution >= 0.6 is 0 Å². The van der Waals surface area contributed by atoms with Crippen LogP contribution < -0.4 is 15.5 Å². The molecule has 3 aromatic rings. The maximum atomic E-state index is 12.9. The standard InChI is InChI=1S/C19H24N4O3.C18H25N3O2/c1-5-22-16-13(12-20-23(16)14-9-7-6-8-10-14)11-15(17(22)24)21-18(25)26-19(2,3)4;1-2-15(18(22)19-16-6-4-3-5-7-16)12-20-8-10-21(11-9-20)17-13-23-14-17/h6-10,12,15H,5,11H2,1-4H3,(H,21,25);2-7,17H,8-14H2,1H3,(H,19,22)/b;15-2+. The van der Waals surface area contributed by atoms with Crippen molar-refractivity contribution >= 4 is 29.4 Å². The van der Waals surface area contributed by atoms with Crippen LogP contribution in [0, 0.1) is 0 Å². The molecule has 0 saturated carbocycles. The summed E-state index contributed by atoms with van der Waals surface area (Å²) in [7, 11) is 0. The number of anilines is 2. The van der Waals surface area contributed by atoms with Gasteiger partial charge in [-0.15, -0.1) is 0 Å². The molecule has 2 N–H and O–H groups in total. The molecule has 2 saturated heterocycles. The first-order valence-electron chi connectivity index (χ1n) is 17.0. The van der Waals surface area contributed by atoms with Crippen molar-refractivity contribution in [1.29, 1.82) is 0 Å². The molecule has 3 aliphatic heterocycles. The Morgan fingerprint density at radius 2 is 1.65 bits per heavy atom. The molecule has 2 aromatic carbocycles. The van der Waals surface area contributed by atoms with Gasteiger partial charge in [0, 0.05) is 62.5 Å². The third-order valence-electron chi connectivity index (χ3n) is 8.68. The summed E-state index contributed by atoms with van der Waals surface area (Å²) in [6, 6.07) is 19.2. The van der Waals surface area contributed by atoms with Crippen molar-refractivity contribution in [2.45, 2.75) is 58.7 Å². The Morgan fingerprint density at radius 3 is 2.22 bits per heavy atom. The van der Waals surface area contributed by atoms with Gasteiger partial charge in [-0.3, -0.25) is 24.3 Å². The van der Waals surface area contributed by atoms with Gasteiger partial charge < -0.3 is 20.1 Å². The van der Waals surface area contributed by atoms with Crippen molar-refractivity contribution in [1.82, 2.24) is 24.9 Å². The normalized spacial score (nSPS) is 18.9. The largest absolute Gasteiger partial charge is 0.444 e. The van der Waals surface area contributed by atoms with Gasteiger partial charge in [0.25, 0.3) is 11.8 Å². The van der Waals surface area contributed by atoms with Crippen LogP contribution in [0.3, 0.4) is 0 Å².